The normalized spacial score (nSPS) is 16.4. The highest BCUT2D eigenvalue weighted by atomic mass is 79.9. The fourth-order valence-corrected chi connectivity index (χ4v) is 4.87. The van der Waals surface area contributed by atoms with Gasteiger partial charge in [-0.1, -0.05) is 19.4 Å². The number of hydrogen-bond acceptors (Lipinski definition) is 3. The number of nitrogens with one attached hydrogen (secondary N) is 1. The van der Waals surface area contributed by atoms with Crippen molar-refractivity contribution < 1.29 is 27.1 Å². The van der Waals surface area contributed by atoms with Gasteiger partial charge in [0.05, 0.1) is 40.9 Å². The monoisotopic (exact) mass is 568 g/mol. The van der Waals surface area contributed by atoms with Crippen molar-refractivity contribution in [3.05, 3.63) is 70.2 Å². The average Bonchev–Trinajstić information content (AvgIpc) is 3.27. The molecule has 1 N–H and O–H groups in total. The third-order valence-corrected chi connectivity index (χ3v) is 6.85. The molecule has 0 aliphatic carbocycles. The van der Waals surface area contributed by atoms with Crippen LogP contribution in [0.1, 0.15) is 43.5 Å². The lowest BCUT2D eigenvalue weighted by molar-refractivity contribution is -0.149. The van der Waals surface area contributed by atoms with Crippen LogP contribution in [0.15, 0.2) is 53.1 Å². The van der Waals surface area contributed by atoms with E-state index in [-0.39, 0.29) is 18.5 Å². The molecule has 0 spiro atoms. The molecule has 2 amide bonds. The summed E-state index contributed by atoms with van der Waals surface area (Å²) in [5.41, 5.74) is 1.74. The molecule has 1 aromatic heterocycles. The van der Waals surface area contributed by atoms with Crippen LogP contribution in [0.5, 0.6) is 5.75 Å². The first-order valence-corrected chi connectivity index (χ1v) is 12.3. The summed E-state index contributed by atoms with van der Waals surface area (Å²) in [4.78, 5) is 14.2. The van der Waals surface area contributed by atoms with Crippen molar-refractivity contribution in [2.24, 2.45) is 0 Å². The van der Waals surface area contributed by atoms with Gasteiger partial charge in [-0.3, -0.25) is 4.90 Å². The molecule has 4 rings (SSSR count). The van der Waals surface area contributed by atoms with E-state index in [9.17, 15) is 22.4 Å². The Hall–Kier alpha value is -3.08. The fourth-order valence-electron chi connectivity index (χ4n) is 4.46. The largest absolute Gasteiger partial charge is 0.496 e. The summed E-state index contributed by atoms with van der Waals surface area (Å²) in [5.74, 6) is 0.112. The van der Waals surface area contributed by atoms with Gasteiger partial charge in [0.15, 0.2) is 0 Å². The van der Waals surface area contributed by atoms with E-state index in [0.29, 0.717) is 35.5 Å². The number of halogens is 5. The molecule has 192 valence electrons. The molecule has 1 aliphatic heterocycles. The van der Waals surface area contributed by atoms with Gasteiger partial charge in [0.2, 0.25) is 0 Å². The van der Waals surface area contributed by atoms with Crippen LogP contribution >= 0.6 is 15.9 Å². The highest BCUT2D eigenvalue weighted by molar-refractivity contribution is 9.10. The van der Waals surface area contributed by atoms with E-state index >= 15 is 0 Å². The molecular formula is C25H25BrF4N4O2. The Kier molecular flexibility index (Phi) is 7.58. The minimum atomic E-state index is -4.63. The average molecular weight is 569 g/mol. The molecule has 2 atom stereocenters. The van der Waals surface area contributed by atoms with Gasteiger partial charge in [-0.05, 0) is 77.2 Å². The van der Waals surface area contributed by atoms with Crippen LogP contribution in [0.2, 0.25) is 0 Å². The lowest BCUT2D eigenvalue weighted by Crippen LogP contribution is -2.55. The first-order valence-electron chi connectivity index (χ1n) is 11.5. The number of rotatable bonds is 6. The molecule has 2 aromatic carbocycles. The molecule has 0 saturated heterocycles. The lowest BCUT2D eigenvalue weighted by Gasteiger charge is -2.37. The third kappa shape index (κ3) is 5.21. The van der Waals surface area contributed by atoms with Gasteiger partial charge in [0.1, 0.15) is 17.6 Å². The van der Waals surface area contributed by atoms with E-state index in [1.807, 2.05) is 6.92 Å². The number of nitrogens with zero attached hydrogens (tertiary/aromatic N) is 3. The summed E-state index contributed by atoms with van der Waals surface area (Å²) >= 11 is 3.39. The van der Waals surface area contributed by atoms with Gasteiger partial charge in [-0.15, -0.1) is 0 Å². The Morgan fingerprint density at radius 2 is 1.97 bits per heavy atom. The van der Waals surface area contributed by atoms with Gasteiger partial charge in [-0.25, -0.2) is 13.9 Å². The summed E-state index contributed by atoms with van der Waals surface area (Å²) in [7, 11) is 1.51. The van der Waals surface area contributed by atoms with E-state index in [1.165, 1.54) is 42.3 Å². The molecule has 1 aliphatic rings. The first-order chi connectivity index (χ1) is 17.1. The maximum Gasteiger partial charge on any atom is 0.409 e. The Balaban J connectivity index is 1.70. The number of hydrogen-bond donors (Lipinski definition) is 1. The maximum absolute atomic E-state index is 14.1. The van der Waals surface area contributed by atoms with E-state index in [0.717, 1.165) is 9.37 Å². The van der Waals surface area contributed by atoms with Crippen molar-refractivity contribution in [2.75, 3.05) is 12.0 Å². The van der Waals surface area contributed by atoms with Gasteiger partial charge >= 0.3 is 12.2 Å². The predicted octanol–water partition coefficient (Wildman–Crippen LogP) is 6.72. The molecule has 0 radical (unpaired) electrons. The Labute approximate surface area is 214 Å². The zero-order valence-electron chi connectivity index (χ0n) is 19.6. The summed E-state index contributed by atoms with van der Waals surface area (Å²) in [6, 6.07) is 7.39. The number of methoxy groups -OCH3 is 1. The number of fused-ring (bicyclic) bond motifs is 1. The SMILES string of the molecule is CCC[C@H](NC(=O)N1c2cnn(-c3ccc(F)cc3)c2CCC1C(F)(F)F)c1ccc(Br)c(OC)c1. The molecule has 0 fully saturated rings. The van der Waals surface area contributed by atoms with E-state index in [2.05, 4.69) is 26.3 Å². The quantitative estimate of drug-likeness (QED) is 0.336. The van der Waals surface area contributed by atoms with Crippen LogP contribution in [0.3, 0.4) is 0 Å². The van der Waals surface area contributed by atoms with Gasteiger partial charge in [0, 0.05) is 0 Å². The van der Waals surface area contributed by atoms with Gasteiger partial charge in [-0.2, -0.15) is 18.3 Å². The number of anilines is 1. The summed E-state index contributed by atoms with van der Waals surface area (Å²) < 4.78 is 63.1. The van der Waals surface area contributed by atoms with E-state index < -0.39 is 30.1 Å². The highest BCUT2D eigenvalue weighted by Crippen LogP contribution is 2.39. The second-order valence-corrected chi connectivity index (χ2v) is 9.37. The molecule has 11 heteroatoms. The second-order valence-electron chi connectivity index (χ2n) is 8.52. The van der Waals surface area contributed by atoms with Crippen LogP contribution in [0.4, 0.5) is 28.0 Å². The Bertz CT molecular complexity index is 1230. The molecule has 0 saturated carbocycles. The Morgan fingerprint density at radius 1 is 1.25 bits per heavy atom. The standard InChI is InChI=1S/C25H25BrF4N4O2/c1-3-4-19(15-5-10-18(26)22(13-15)36-2)32-24(35)33-21-14-31-34(17-8-6-16(27)7-9-17)20(21)11-12-23(33)25(28,29)30/h5-10,13-14,19,23H,3-4,11-12H2,1-2H3,(H,32,35)/t19-,23?/m0/s1. The molecule has 2 heterocycles. The summed E-state index contributed by atoms with van der Waals surface area (Å²) in [6.07, 6.45) is -2.42. The molecular weight excluding hydrogens is 544 g/mol. The number of aromatic nitrogens is 2. The van der Waals surface area contributed by atoms with Crippen LogP contribution in [-0.4, -0.2) is 35.1 Å². The zero-order valence-corrected chi connectivity index (χ0v) is 21.2. The minimum Gasteiger partial charge on any atom is -0.496 e. The van der Waals surface area contributed by atoms with Crippen LogP contribution in [0.25, 0.3) is 5.69 Å². The molecule has 1 unspecified atom stereocenters. The van der Waals surface area contributed by atoms with Gasteiger partial charge < -0.3 is 10.1 Å². The summed E-state index contributed by atoms with van der Waals surface area (Å²) in [6.45, 7) is 1.93. The van der Waals surface area contributed by atoms with Gasteiger partial charge in [0.25, 0.3) is 0 Å². The summed E-state index contributed by atoms with van der Waals surface area (Å²) in [5, 5.41) is 7.04. The smallest absolute Gasteiger partial charge is 0.409 e. The minimum absolute atomic E-state index is 0.0585. The molecule has 3 aromatic rings. The number of carbonyl (C=O) groups is 1. The number of alkyl halides is 3. The van der Waals surface area contributed by atoms with Crippen molar-refractivity contribution >= 4 is 27.6 Å². The number of urea groups is 1. The second kappa shape index (κ2) is 10.5. The maximum atomic E-state index is 14.1. The van der Waals surface area contributed by atoms with Crippen molar-refractivity contribution in [1.82, 2.24) is 15.1 Å². The number of ether oxygens (including phenoxy) is 1. The number of amides is 2. The zero-order chi connectivity index (χ0) is 26.0. The van der Waals surface area contributed by atoms with Crippen molar-refractivity contribution in [3.8, 4) is 11.4 Å². The van der Waals surface area contributed by atoms with E-state index in [4.69, 9.17) is 4.74 Å². The predicted molar refractivity (Wildman–Crippen MR) is 131 cm³/mol. The lowest BCUT2D eigenvalue weighted by atomic mass is 9.99. The Morgan fingerprint density at radius 3 is 2.61 bits per heavy atom. The van der Waals surface area contributed by atoms with Crippen LogP contribution < -0.4 is 15.0 Å². The van der Waals surface area contributed by atoms with Crippen molar-refractivity contribution in [3.63, 3.8) is 0 Å². The van der Waals surface area contributed by atoms with Crippen molar-refractivity contribution in [2.45, 2.75) is 50.9 Å². The van der Waals surface area contributed by atoms with Crippen molar-refractivity contribution in [1.29, 1.82) is 0 Å². The number of benzene rings is 2. The molecule has 36 heavy (non-hydrogen) atoms. The number of carbonyl (C=O) groups excluding carboxylic acids is 1. The molecule has 6 nitrogen and oxygen atoms in total. The van der Waals surface area contributed by atoms with Crippen LogP contribution in [0, 0.1) is 5.82 Å². The van der Waals surface area contributed by atoms with E-state index in [1.54, 1.807) is 18.2 Å². The topological polar surface area (TPSA) is 59.4 Å². The molecule has 0 bridgehead atoms. The fraction of sp³-hybridized carbons (Fsp3) is 0.360. The first kappa shape index (κ1) is 26.0. The van der Waals surface area contributed by atoms with Crippen LogP contribution in [-0.2, 0) is 6.42 Å². The highest BCUT2D eigenvalue weighted by Gasteiger charge is 2.49. The third-order valence-electron chi connectivity index (χ3n) is 6.19.